The molecule has 0 aliphatic carbocycles. The van der Waals surface area contributed by atoms with Crippen LogP contribution in [0.5, 0.6) is 0 Å². The Morgan fingerprint density at radius 3 is 2.37 bits per heavy atom. The molecule has 2 aromatic carbocycles. The maximum atomic E-state index is 12.5. The molecular formula is C18H19BrN2O5S. The molecule has 0 saturated heterocycles. The Balaban J connectivity index is 2.02. The van der Waals surface area contributed by atoms with Crippen LogP contribution >= 0.6 is 15.9 Å². The summed E-state index contributed by atoms with van der Waals surface area (Å²) in [6, 6.07) is 11.4. The van der Waals surface area contributed by atoms with Crippen LogP contribution in [0, 0.1) is 6.92 Å². The standard InChI is InChI=1S/C18H19BrN2O5S/c1-12-3-8-16(15(19)9-12)27(24,25)21-14-6-4-13(5-7-14)10-17(22)20-11-18(23)26-2/h3-9,21H,10-11H2,1-2H3,(H,20,22). The van der Waals surface area contributed by atoms with Crippen LogP contribution < -0.4 is 10.0 Å². The molecule has 0 saturated carbocycles. The predicted molar refractivity (Wildman–Crippen MR) is 105 cm³/mol. The molecule has 7 nitrogen and oxygen atoms in total. The SMILES string of the molecule is COC(=O)CNC(=O)Cc1ccc(NS(=O)(=O)c2ccc(C)cc2Br)cc1. The third-order valence-corrected chi connectivity index (χ3v) is 5.96. The van der Waals surface area contributed by atoms with Crippen molar-refractivity contribution in [3.05, 3.63) is 58.1 Å². The first-order valence-corrected chi connectivity index (χ1v) is 10.2. The molecule has 0 fully saturated rings. The maximum Gasteiger partial charge on any atom is 0.325 e. The van der Waals surface area contributed by atoms with Gasteiger partial charge in [0.1, 0.15) is 11.4 Å². The van der Waals surface area contributed by atoms with Crippen LogP contribution in [-0.2, 0) is 30.8 Å². The monoisotopic (exact) mass is 454 g/mol. The number of aryl methyl sites for hydroxylation is 1. The number of anilines is 1. The molecule has 0 aliphatic heterocycles. The normalized spacial score (nSPS) is 10.9. The number of benzene rings is 2. The molecule has 2 N–H and O–H groups in total. The largest absolute Gasteiger partial charge is 0.468 e. The Hall–Kier alpha value is -2.39. The van der Waals surface area contributed by atoms with Crippen molar-refractivity contribution in [3.8, 4) is 0 Å². The molecule has 0 atom stereocenters. The summed E-state index contributed by atoms with van der Waals surface area (Å²) in [6.45, 7) is 1.67. The van der Waals surface area contributed by atoms with Crippen molar-refractivity contribution in [2.24, 2.45) is 0 Å². The second-order valence-corrected chi connectivity index (χ2v) is 8.27. The summed E-state index contributed by atoms with van der Waals surface area (Å²) >= 11 is 3.27. The molecule has 144 valence electrons. The number of amides is 1. The quantitative estimate of drug-likeness (QED) is 0.625. The molecule has 0 bridgehead atoms. The van der Waals surface area contributed by atoms with Crippen LogP contribution in [-0.4, -0.2) is 33.9 Å². The molecule has 0 aliphatic rings. The van der Waals surface area contributed by atoms with Gasteiger partial charge in [-0.1, -0.05) is 18.2 Å². The van der Waals surface area contributed by atoms with E-state index in [1.807, 2.05) is 6.92 Å². The lowest BCUT2D eigenvalue weighted by Crippen LogP contribution is -2.31. The summed E-state index contributed by atoms with van der Waals surface area (Å²) in [5.41, 5.74) is 1.99. The maximum absolute atomic E-state index is 12.5. The van der Waals surface area contributed by atoms with Crippen LogP contribution in [0.25, 0.3) is 0 Å². The highest BCUT2D eigenvalue weighted by Gasteiger charge is 2.17. The van der Waals surface area contributed by atoms with Gasteiger partial charge in [-0.3, -0.25) is 14.3 Å². The summed E-state index contributed by atoms with van der Waals surface area (Å²) in [5.74, 6) is -0.868. The van der Waals surface area contributed by atoms with Crippen LogP contribution in [0.4, 0.5) is 5.69 Å². The number of carbonyl (C=O) groups is 2. The average molecular weight is 455 g/mol. The van der Waals surface area contributed by atoms with Crippen LogP contribution in [0.15, 0.2) is 51.8 Å². The fraction of sp³-hybridized carbons (Fsp3) is 0.222. The van der Waals surface area contributed by atoms with Gasteiger partial charge in [0.15, 0.2) is 0 Å². The van der Waals surface area contributed by atoms with Gasteiger partial charge in [0.05, 0.1) is 13.5 Å². The summed E-state index contributed by atoms with van der Waals surface area (Å²) in [5, 5.41) is 2.44. The van der Waals surface area contributed by atoms with E-state index in [0.717, 1.165) is 5.56 Å². The topological polar surface area (TPSA) is 102 Å². The summed E-state index contributed by atoms with van der Waals surface area (Å²) < 4.78 is 32.5. The number of hydrogen-bond acceptors (Lipinski definition) is 5. The third kappa shape index (κ3) is 6.07. The molecule has 27 heavy (non-hydrogen) atoms. The number of nitrogens with one attached hydrogen (secondary N) is 2. The molecule has 0 heterocycles. The van der Waals surface area contributed by atoms with Crippen molar-refractivity contribution in [1.82, 2.24) is 5.32 Å². The summed E-state index contributed by atoms with van der Waals surface area (Å²) in [6.07, 6.45) is 0.0630. The molecular weight excluding hydrogens is 436 g/mol. The first kappa shape index (κ1) is 20.9. The zero-order valence-electron chi connectivity index (χ0n) is 14.8. The van der Waals surface area contributed by atoms with E-state index in [9.17, 15) is 18.0 Å². The zero-order chi connectivity index (χ0) is 20.0. The lowest BCUT2D eigenvalue weighted by molar-refractivity contribution is -0.141. The van der Waals surface area contributed by atoms with Gasteiger partial charge >= 0.3 is 5.97 Å². The molecule has 0 spiro atoms. The van der Waals surface area contributed by atoms with Crippen molar-refractivity contribution >= 4 is 43.5 Å². The van der Waals surface area contributed by atoms with Gasteiger partial charge in [-0.2, -0.15) is 0 Å². The molecule has 2 aromatic rings. The molecule has 9 heteroatoms. The fourth-order valence-corrected chi connectivity index (χ4v) is 4.47. The van der Waals surface area contributed by atoms with Gasteiger partial charge in [-0.05, 0) is 58.2 Å². The van der Waals surface area contributed by atoms with E-state index in [2.05, 4.69) is 30.7 Å². The number of hydrogen-bond donors (Lipinski definition) is 2. The average Bonchev–Trinajstić information content (AvgIpc) is 2.60. The lowest BCUT2D eigenvalue weighted by Gasteiger charge is -2.11. The predicted octanol–water partition coefficient (Wildman–Crippen LogP) is 2.39. The Morgan fingerprint density at radius 1 is 1.11 bits per heavy atom. The Morgan fingerprint density at radius 2 is 1.78 bits per heavy atom. The smallest absolute Gasteiger partial charge is 0.325 e. The van der Waals surface area contributed by atoms with Crippen molar-refractivity contribution in [2.75, 3.05) is 18.4 Å². The molecule has 1 amide bonds. The molecule has 0 unspecified atom stereocenters. The van der Waals surface area contributed by atoms with Gasteiger partial charge in [-0.15, -0.1) is 0 Å². The van der Waals surface area contributed by atoms with Crippen molar-refractivity contribution in [1.29, 1.82) is 0 Å². The Labute approximate surface area is 166 Å². The molecule has 0 aromatic heterocycles. The van der Waals surface area contributed by atoms with Crippen LogP contribution in [0.2, 0.25) is 0 Å². The molecule has 2 rings (SSSR count). The van der Waals surface area contributed by atoms with Crippen molar-refractivity contribution in [3.63, 3.8) is 0 Å². The lowest BCUT2D eigenvalue weighted by atomic mass is 10.1. The number of esters is 1. The highest BCUT2D eigenvalue weighted by Crippen LogP contribution is 2.25. The van der Waals surface area contributed by atoms with Gasteiger partial charge in [0.25, 0.3) is 10.0 Å². The van der Waals surface area contributed by atoms with Gasteiger partial charge in [0, 0.05) is 10.2 Å². The minimum atomic E-state index is -3.75. The highest BCUT2D eigenvalue weighted by molar-refractivity contribution is 9.10. The van der Waals surface area contributed by atoms with Crippen molar-refractivity contribution in [2.45, 2.75) is 18.2 Å². The van der Waals surface area contributed by atoms with E-state index >= 15 is 0 Å². The van der Waals surface area contributed by atoms with E-state index in [0.29, 0.717) is 15.7 Å². The Kier molecular flexibility index (Phi) is 6.98. The number of sulfonamides is 1. The summed E-state index contributed by atoms with van der Waals surface area (Å²) in [4.78, 5) is 22.9. The first-order chi connectivity index (χ1) is 12.7. The second-order valence-electron chi connectivity index (χ2n) is 5.77. The fourth-order valence-electron chi connectivity index (χ4n) is 2.22. The highest BCUT2D eigenvalue weighted by atomic mass is 79.9. The second kappa shape index (κ2) is 9.01. The van der Waals surface area contributed by atoms with E-state index in [4.69, 9.17) is 0 Å². The van der Waals surface area contributed by atoms with Gasteiger partial charge in [-0.25, -0.2) is 8.42 Å². The van der Waals surface area contributed by atoms with Gasteiger partial charge in [0.2, 0.25) is 5.91 Å². The number of rotatable bonds is 7. The minimum Gasteiger partial charge on any atom is -0.468 e. The van der Waals surface area contributed by atoms with E-state index < -0.39 is 16.0 Å². The van der Waals surface area contributed by atoms with Crippen LogP contribution in [0.3, 0.4) is 0 Å². The number of carbonyl (C=O) groups excluding carboxylic acids is 2. The van der Waals surface area contributed by atoms with Crippen LogP contribution in [0.1, 0.15) is 11.1 Å². The zero-order valence-corrected chi connectivity index (χ0v) is 17.2. The first-order valence-electron chi connectivity index (χ1n) is 7.92. The number of methoxy groups -OCH3 is 1. The number of ether oxygens (including phenoxy) is 1. The number of halogens is 1. The third-order valence-electron chi connectivity index (χ3n) is 3.61. The van der Waals surface area contributed by atoms with E-state index in [1.54, 1.807) is 36.4 Å². The molecule has 0 radical (unpaired) electrons. The van der Waals surface area contributed by atoms with Crippen molar-refractivity contribution < 1.29 is 22.7 Å². The van der Waals surface area contributed by atoms with E-state index in [-0.39, 0.29) is 23.8 Å². The minimum absolute atomic E-state index is 0.0630. The Bertz CT molecular complexity index is 943. The van der Waals surface area contributed by atoms with E-state index in [1.165, 1.54) is 13.2 Å². The van der Waals surface area contributed by atoms with Gasteiger partial charge < -0.3 is 10.1 Å². The summed E-state index contributed by atoms with van der Waals surface area (Å²) in [7, 11) is -2.51.